The van der Waals surface area contributed by atoms with E-state index in [-0.39, 0.29) is 17.9 Å². The van der Waals surface area contributed by atoms with Crippen LogP contribution < -0.4 is 25.1 Å². The van der Waals surface area contributed by atoms with Crippen LogP contribution in [-0.4, -0.2) is 32.6 Å². The molecule has 9 heteroatoms. The third-order valence-electron chi connectivity index (χ3n) is 3.37. The lowest BCUT2D eigenvalue weighted by Crippen LogP contribution is -2.43. The molecule has 0 aliphatic rings. The number of nitrogens with zero attached hydrogens (tertiary/aromatic N) is 1. The third kappa shape index (κ3) is 5.26. The smallest absolute Gasteiger partial charge is 0.276 e. The molecular weight excluding hydrogens is 374 g/mol. The van der Waals surface area contributed by atoms with Crippen molar-refractivity contribution in [1.82, 2.24) is 10.9 Å². The molecule has 0 unspecified atom stereocenters. The molecule has 0 spiro atoms. The minimum atomic E-state index is -0.601. The van der Waals surface area contributed by atoms with Crippen molar-refractivity contribution in [3.05, 3.63) is 52.5 Å². The van der Waals surface area contributed by atoms with Crippen LogP contribution in [-0.2, 0) is 4.79 Å². The lowest BCUT2D eigenvalue weighted by Gasteiger charge is -2.12. The van der Waals surface area contributed by atoms with Gasteiger partial charge in [0.1, 0.15) is 5.75 Å². The second-order valence-electron chi connectivity index (χ2n) is 5.11. The summed E-state index contributed by atoms with van der Waals surface area (Å²) < 4.78 is 15.5. The first-order valence-corrected chi connectivity index (χ1v) is 8.00. The van der Waals surface area contributed by atoms with Crippen molar-refractivity contribution in [2.75, 3.05) is 20.8 Å². The summed E-state index contributed by atoms with van der Waals surface area (Å²) in [6.45, 7) is -0.380. The van der Waals surface area contributed by atoms with Crippen molar-refractivity contribution in [1.29, 1.82) is 5.26 Å². The lowest BCUT2D eigenvalue weighted by molar-refractivity contribution is -0.123. The van der Waals surface area contributed by atoms with Gasteiger partial charge in [0.25, 0.3) is 11.8 Å². The molecule has 0 bridgehead atoms. The summed E-state index contributed by atoms with van der Waals surface area (Å²) in [6, 6.07) is 11.0. The van der Waals surface area contributed by atoms with Crippen molar-refractivity contribution < 1.29 is 23.8 Å². The number of hydrogen-bond donors (Lipinski definition) is 2. The Balaban J connectivity index is 1.93. The molecule has 2 aromatic carbocycles. The van der Waals surface area contributed by atoms with Gasteiger partial charge in [0, 0.05) is 11.1 Å². The van der Waals surface area contributed by atoms with E-state index in [0.717, 1.165) is 0 Å². The van der Waals surface area contributed by atoms with Crippen molar-refractivity contribution in [3.8, 4) is 23.3 Å². The molecule has 2 N–H and O–H groups in total. The van der Waals surface area contributed by atoms with E-state index < -0.39 is 11.8 Å². The average Bonchev–Trinajstić information content (AvgIpc) is 2.70. The van der Waals surface area contributed by atoms with E-state index in [1.54, 1.807) is 12.1 Å². The fourth-order valence-corrected chi connectivity index (χ4v) is 2.26. The van der Waals surface area contributed by atoms with Crippen molar-refractivity contribution in [3.63, 3.8) is 0 Å². The van der Waals surface area contributed by atoms with Crippen molar-refractivity contribution in [2.45, 2.75) is 0 Å². The summed E-state index contributed by atoms with van der Waals surface area (Å²) in [7, 11) is 2.83. The normalized spacial score (nSPS) is 9.70. The standard InChI is InChI=1S/C18H16ClN3O5/c1-25-14-6-4-12(19)8-13(14)18(24)22-21-17(23)10-27-15-5-3-11(9-20)7-16(15)26-2/h3-8H,10H2,1-2H3,(H,21,23)(H,22,24). The van der Waals surface area contributed by atoms with Gasteiger partial charge in [-0.3, -0.25) is 20.4 Å². The minimum Gasteiger partial charge on any atom is -0.496 e. The number of carbonyl (C=O) groups is 2. The molecule has 0 aliphatic heterocycles. The number of carbonyl (C=O) groups excluding carboxylic acids is 2. The largest absolute Gasteiger partial charge is 0.496 e. The Labute approximate surface area is 160 Å². The molecule has 2 aromatic rings. The number of hydrogen-bond acceptors (Lipinski definition) is 6. The van der Waals surface area contributed by atoms with Crippen LogP contribution in [0.25, 0.3) is 0 Å². The molecule has 0 atom stereocenters. The lowest BCUT2D eigenvalue weighted by atomic mass is 10.2. The first-order valence-electron chi connectivity index (χ1n) is 7.62. The maximum absolute atomic E-state index is 12.2. The minimum absolute atomic E-state index is 0.167. The molecule has 140 valence electrons. The number of methoxy groups -OCH3 is 2. The predicted octanol–water partition coefficient (Wildman–Crippen LogP) is 2.07. The summed E-state index contributed by atoms with van der Waals surface area (Å²) in [5.41, 5.74) is 5.04. The summed E-state index contributed by atoms with van der Waals surface area (Å²) in [5, 5.41) is 9.22. The Kier molecular flexibility index (Phi) is 6.86. The van der Waals surface area contributed by atoms with Crippen LogP contribution in [0, 0.1) is 11.3 Å². The van der Waals surface area contributed by atoms with Crippen LogP contribution in [0.5, 0.6) is 17.2 Å². The molecule has 0 fully saturated rings. The molecule has 0 saturated carbocycles. The van der Waals surface area contributed by atoms with Gasteiger partial charge >= 0.3 is 0 Å². The Hall–Kier alpha value is -3.44. The molecule has 2 amide bonds. The maximum Gasteiger partial charge on any atom is 0.276 e. The third-order valence-corrected chi connectivity index (χ3v) is 3.61. The Bertz CT molecular complexity index is 895. The molecular formula is C18H16ClN3O5. The number of ether oxygens (including phenoxy) is 3. The highest BCUT2D eigenvalue weighted by Crippen LogP contribution is 2.27. The second kappa shape index (κ2) is 9.31. The average molecular weight is 390 g/mol. The van der Waals surface area contributed by atoms with Gasteiger partial charge < -0.3 is 14.2 Å². The zero-order valence-electron chi connectivity index (χ0n) is 14.5. The van der Waals surface area contributed by atoms with Crippen molar-refractivity contribution >= 4 is 23.4 Å². The number of rotatable bonds is 6. The van der Waals surface area contributed by atoms with E-state index in [9.17, 15) is 9.59 Å². The van der Waals surface area contributed by atoms with E-state index in [1.165, 1.54) is 38.5 Å². The van der Waals surface area contributed by atoms with E-state index in [2.05, 4.69) is 10.9 Å². The van der Waals surface area contributed by atoms with Crippen LogP contribution >= 0.6 is 11.6 Å². The van der Waals surface area contributed by atoms with Crippen LogP contribution in [0.2, 0.25) is 5.02 Å². The van der Waals surface area contributed by atoms with Gasteiger partial charge in [-0.15, -0.1) is 0 Å². The van der Waals surface area contributed by atoms with Gasteiger partial charge in [-0.2, -0.15) is 5.26 Å². The molecule has 0 aromatic heterocycles. The highest BCUT2D eigenvalue weighted by molar-refractivity contribution is 6.31. The summed E-state index contributed by atoms with van der Waals surface area (Å²) in [6.07, 6.45) is 0. The molecule has 0 heterocycles. The highest BCUT2D eigenvalue weighted by atomic mass is 35.5. The van der Waals surface area contributed by atoms with E-state index in [0.29, 0.717) is 22.1 Å². The van der Waals surface area contributed by atoms with Crippen LogP contribution in [0.15, 0.2) is 36.4 Å². The molecule has 2 rings (SSSR count). The summed E-state index contributed by atoms with van der Waals surface area (Å²) in [5.74, 6) is -0.289. The van der Waals surface area contributed by atoms with E-state index >= 15 is 0 Å². The first kappa shape index (κ1) is 19.9. The zero-order valence-corrected chi connectivity index (χ0v) is 15.3. The number of halogens is 1. The van der Waals surface area contributed by atoms with E-state index in [1.807, 2.05) is 6.07 Å². The number of nitrogens with one attached hydrogen (secondary N) is 2. The fraction of sp³-hybridized carbons (Fsp3) is 0.167. The molecule has 0 saturated heterocycles. The number of hydrazine groups is 1. The van der Waals surface area contributed by atoms with E-state index in [4.69, 9.17) is 31.1 Å². The topological polar surface area (TPSA) is 110 Å². The Morgan fingerprint density at radius 2 is 1.74 bits per heavy atom. The second-order valence-corrected chi connectivity index (χ2v) is 5.55. The quantitative estimate of drug-likeness (QED) is 0.732. The fourth-order valence-electron chi connectivity index (χ4n) is 2.09. The maximum atomic E-state index is 12.2. The van der Waals surface area contributed by atoms with Gasteiger partial charge in [-0.25, -0.2) is 0 Å². The Morgan fingerprint density at radius 3 is 2.41 bits per heavy atom. The predicted molar refractivity (Wildman–Crippen MR) is 96.8 cm³/mol. The molecule has 8 nitrogen and oxygen atoms in total. The van der Waals surface area contributed by atoms with Gasteiger partial charge in [-0.05, 0) is 30.3 Å². The van der Waals surface area contributed by atoms with Crippen LogP contribution in [0.4, 0.5) is 0 Å². The van der Waals surface area contributed by atoms with Gasteiger partial charge in [0.15, 0.2) is 18.1 Å². The summed E-state index contributed by atoms with van der Waals surface area (Å²) >= 11 is 5.87. The SMILES string of the molecule is COc1cc(C#N)ccc1OCC(=O)NNC(=O)c1cc(Cl)ccc1OC. The van der Waals surface area contributed by atoms with Crippen LogP contribution in [0.1, 0.15) is 15.9 Å². The molecule has 27 heavy (non-hydrogen) atoms. The number of nitriles is 1. The van der Waals surface area contributed by atoms with Gasteiger partial charge in [-0.1, -0.05) is 11.6 Å². The highest BCUT2D eigenvalue weighted by Gasteiger charge is 2.14. The Morgan fingerprint density at radius 1 is 1.04 bits per heavy atom. The van der Waals surface area contributed by atoms with Crippen LogP contribution in [0.3, 0.4) is 0 Å². The number of amides is 2. The zero-order chi connectivity index (χ0) is 19.8. The van der Waals surface area contributed by atoms with Gasteiger partial charge in [0.05, 0.1) is 31.4 Å². The number of benzene rings is 2. The first-order chi connectivity index (χ1) is 13.0. The van der Waals surface area contributed by atoms with Gasteiger partial charge in [0.2, 0.25) is 0 Å². The summed E-state index contributed by atoms with van der Waals surface area (Å²) in [4.78, 5) is 24.1. The molecule has 0 aliphatic carbocycles. The molecule has 0 radical (unpaired) electrons. The van der Waals surface area contributed by atoms with Crippen molar-refractivity contribution in [2.24, 2.45) is 0 Å². The monoisotopic (exact) mass is 389 g/mol.